The first-order chi connectivity index (χ1) is 36.2. The molecule has 76 heavy (non-hydrogen) atoms. The Kier molecular flexibility index (Phi) is 16.6. The van der Waals surface area contributed by atoms with Crippen LogP contribution in [0.1, 0.15) is 11.4 Å². The predicted molar refractivity (Wildman–Crippen MR) is 307 cm³/mol. The summed E-state index contributed by atoms with van der Waals surface area (Å²) in [5.74, 6) is 2.04. The van der Waals surface area contributed by atoms with Gasteiger partial charge < -0.3 is 29.8 Å². The third-order valence-corrected chi connectivity index (χ3v) is 15.0. The van der Waals surface area contributed by atoms with Crippen molar-refractivity contribution in [3.8, 4) is 34.0 Å². The fourth-order valence-electron chi connectivity index (χ4n) is 9.08. The molecule has 14 rings (SSSR count). The summed E-state index contributed by atoms with van der Waals surface area (Å²) in [5.41, 5.74) is 10.6. The molecule has 0 saturated heterocycles. The molecule has 14 heteroatoms. The number of pyridine rings is 4. The number of hydrogen-bond acceptors (Lipinski definition) is 12. The fourth-order valence-corrected chi connectivity index (χ4v) is 11.6. The molecule has 380 valence electrons. The molecule has 6 aromatic heterocycles. The Bertz CT molecular complexity index is 3660. The van der Waals surface area contributed by atoms with Crippen LogP contribution in [0.25, 0.3) is 62.6 Å². The summed E-state index contributed by atoms with van der Waals surface area (Å²) in [4.78, 5) is 25.6. The van der Waals surface area contributed by atoms with Gasteiger partial charge in [0.2, 0.25) is 11.8 Å². The van der Waals surface area contributed by atoms with Gasteiger partial charge >= 0.3 is 42.1 Å². The van der Waals surface area contributed by atoms with Crippen LogP contribution in [0.5, 0.6) is 11.8 Å². The second-order valence-corrected chi connectivity index (χ2v) is 19.8. The molecule has 2 aliphatic heterocycles. The number of aromatic nitrogens is 4. The maximum atomic E-state index is 8.70. The minimum Gasteiger partial charge on any atom is -0.502 e. The smallest absolute Gasteiger partial charge is 0.502 e. The van der Waals surface area contributed by atoms with Crippen molar-refractivity contribution in [1.82, 2.24) is 19.9 Å². The topological polar surface area (TPSA) is 105 Å². The number of hydrogen-bond donors (Lipinski definition) is 2. The van der Waals surface area contributed by atoms with E-state index in [2.05, 4.69) is 166 Å². The van der Waals surface area contributed by atoms with Crippen molar-refractivity contribution in [2.24, 2.45) is 0 Å². The van der Waals surface area contributed by atoms with E-state index in [1.807, 2.05) is 110 Å². The molecule has 2 N–H and O–H groups in total. The molecule has 12 aromatic rings. The van der Waals surface area contributed by atoms with Crippen molar-refractivity contribution >= 4 is 97.4 Å². The molecule has 0 fully saturated rings. The van der Waals surface area contributed by atoms with E-state index >= 15 is 0 Å². The number of fused-ring (bicyclic) bond motifs is 8. The number of thiophene rings is 2. The van der Waals surface area contributed by atoms with E-state index in [1.165, 1.54) is 51.5 Å². The summed E-state index contributed by atoms with van der Waals surface area (Å²) in [5, 5.41) is 22.7. The van der Waals surface area contributed by atoms with E-state index < -0.39 is 0 Å². The molecule has 0 bridgehead atoms. The molecule has 0 radical (unpaired) electrons. The number of anilines is 6. The molecule has 10 nitrogen and oxygen atoms in total. The zero-order valence-electron chi connectivity index (χ0n) is 41.6. The summed E-state index contributed by atoms with van der Waals surface area (Å²) in [6.07, 6.45) is 3.97. The van der Waals surface area contributed by atoms with E-state index in [0.29, 0.717) is 0 Å². The molecule has 0 aliphatic carbocycles. The largest absolute Gasteiger partial charge is 2.00 e. The van der Waals surface area contributed by atoms with Gasteiger partial charge in [0.05, 0.1) is 11.4 Å². The molecule has 0 saturated carbocycles. The first kappa shape index (κ1) is 53.4. The van der Waals surface area contributed by atoms with Crippen molar-refractivity contribution in [1.29, 1.82) is 0 Å². The zero-order valence-corrected chi connectivity index (χ0v) is 47.7. The SMILES string of the molecule is CN1[CH-]N(c2[c-]cccc2)c2ncc(-c3cccc4c3sc3ccccc34)cc21.CN1[CH-]N(c2[c-]cccc2)c2ncc(-c3cccc4c3sc3ccccc34)cc21.Cc1cccc(O)n1.Cc1cccc(O)n1.[Pt+2].[Pt+2]. The summed E-state index contributed by atoms with van der Waals surface area (Å²) in [7, 11) is 4.13. The van der Waals surface area contributed by atoms with Crippen molar-refractivity contribution in [2.75, 3.05) is 33.7 Å². The average molecular weight is 1390 g/mol. The minimum absolute atomic E-state index is 0. The van der Waals surface area contributed by atoms with Crippen LogP contribution in [0.3, 0.4) is 0 Å². The van der Waals surface area contributed by atoms with Gasteiger partial charge in [0.1, 0.15) is 11.6 Å². The molecule has 6 aromatic carbocycles. The quantitative estimate of drug-likeness (QED) is 0.166. The average Bonchev–Trinajstić information content (AvgIpc) is 4.21. The van der Waals surface area contributed by atoms with Crippen LogP contribution in [0.2, 0.25) is 0 Å². The third-order valence-electron chi connectivity index (χ3n) is 12.6. The Hall–Kier alpha value is -7.46. The Morgan fingerprint density at radius 1 is 0.461 bits per heavy atom. The monoisotopic (exact) mass is 1390 g/mol. The van der Waals surface area contributed by atoms with Crippen LogP contribution in [-0.4, -0.2) is 44.2 Å². The van der Waals surface area contributed by atoms with Gasteiger partial charge in [-0.1, -0.05) is 84.9 Å². The van der Waals surface area contributed by atoms with Crippen molar-refractivity contribution in [2.45, 2.75) is 13.8 Å². The molecule has 8 heterocycles. The number of rotatable bonds is 4. The Morgan fingerprint density at radius 2 is 0.855 bits per heavy atom. The Labute approximate surface area is 478 Å². The van der Waals surface area contributed by atoms with Crippen LogP contribution < -0.4 is 19.6 Å². The van der Waals surface area contributed by atoms with Gasteiger partial charge in [-0.2, -0.15) is 74.0 Å². The number of aromatic hydroxyl groups is 2. The van der Waals surface area contributed by atoms with Gasteiger partial charge in [-0.05, 0) is 64.3 Å². The summed E-state index contributed by atoms with van der Waals surface area (Å²) in [6.45, 7) is 7.79. The summed E-state index contributed by atoms with van der Waals surface area (Å²) < 4.78 is 5.27. The number of aryl methyl sites for hydroxylation is 2. The molecule has 2 aliphatic rings. The first-order valence-corrected chi connectivity index (χ1v) is 25.5. The number of para-hydroxylation sites is 2. The number of nitrogens with zero attached hydrogens (tertiary/aromatic N) is 8. The van der Waals surface area contributed by atoms with Crippen LogP contribution in [0.15, 0.2) is 194 Å². The van der Waals surface area contributed by atoms with E-state index in [4.69, 9.17) is 20.2 Å². The molecule has 0 atom stereocenters. The summed E-state index contributed by atoms with van der Waals surface area (Å²) in [6, 6.07) is 67.6. The van der Waals surface area contributed by atoms with Crippen molar-refractivity contribution in [3.63, 3.8) is 0 Å². The zero-order chi connectivity index (χ0) is 50.7. The molecular formula is C62H48N8O2Pt2S2. The van der Waals surface area contributed by atoms with Gasteiger partial charge in [-0.25, -0.2) is 19.9 Å². The standard InChI is InChI=1S/2C25H17N3S.2C6H7NO.2Pt/c2*1-27-16-28(18-8-3-2-4-9-18)25-22(27)14-17(15-26-25)19-11-7-12-21-20-10-5-6-13-23(20)29-24(19)21;2*1-5-3-2-4-6(8)7-5;;/h2*2-8,10-16H,1H3;2*2-4H,1H3,(H,7,8);;/q2*-2;;;2*+2. The van der Waals surface area contributed by atoms with Crippen LogP contribution in [0, 0.1) is 39.3 Å². The summed E-state index contributed by atoms with van der Waals surface area (Å²) >= 11 is 3.70. The van der Waals surface area contributed by atoms with E-state index in [9.17, 15) is 0 Å². The third kappa shape index (κ3) is 11.1. The van der Waals surface area contributed by atoms with Crippen LogP contribution in [-0.2, 0) is 42.1 Å². The van der Waals surface area contributed by atoms with Gasteiger partial charge in [0, 0.05) is 98.5 Å². The van der Waals surface area contributed by atoms with Crippen LogP contribution in [0.4, 0.5) is 34.4 Å². The van der Waals surface area contributed by atoms with Gasteiger partial charge in [0.25, 0.3) is 0 Å². The van der Waals surface area contributed by atoms with Gasteiger partial charge in [0.15, 0.2) is 0 Å². The van der Waals surface area contributed by atoms with E-state index in [-0.39, 0.29) is 53.9 Å². The van der Waals surface area contributed by atoms with Gasteiger partial charge in [-0.3, -0.25) is 0 Å². The molecule has 0 amide bonds. The minimum atomic E-state index is 0. The van der Waals surface area contributed by atoms with Crippen molar-refractivity contribution < 1.29 is 52.3 Å². The molecule has 0 spiro atoms. The maximum Gasteiger partial charge on any atom is 2.00 e. The van der Waals surface area contributed by atoms with E-state index in [0.717, 1.165) is 56.9 Å². The predicted octanol–water partition coefficient (Wildman–Crippen LogP) is 15.4. The Morgan fingerprint density at radius 3 is 1.24 bits per heavy atom. The molecular weight excluding hydrogens is 1340 g/mol. The second-order valence-electron chi connectivity index (χ2n) is 17.7. The van der Waals surface area contributed by atoms with Crippen LogP contribution >= 0.6 is 22.7 Å². The maximum absolute atomic E-state index is 8.70. The first-order valence-electron chi connectivity index (χ1n) is 23.9. The molecule has 0 unspecified atom stereocenters. The van der Waals surface area contributed by atoms with E-state index in [1.54, 1.807) is 24.3 Å². The fraction of sp³-hybridized carbons (Fsp3) is 0.0645. The second kappa shape index (κ2) is 23.6. The number of benzene rings is 6. The van der Waals surface area contributed by atoms with Crippen molar-refractivity contribution in [3.05, 3.63) is 231 Å². The normalized spacial score (nSPS) is 12.2. The van der Waals surface area contributed by atoms with Gasteiger partial charge in [-0.15, -0.1) is 34.0 Å². The Balaban J connectivity index is 0.000000141.